The normalized spacial score (nSPS) is 19.6. The molecule has 0 bridgehead atoms. The van der Waals surface area contributed by atoms with Gasteiger partial charge >= 0.3 is 0 Å². The van der Waals surface area contributed by atoms with Gasteiger partial charge in [-0.25, -0.2) is 13.2 Å². The molecule has 1 aliphatic rings. The molecule has 0 aromatic heterocycles. The Labute approximate surface area is 165 Å². The van der Waals surface area contributed by atoms with E-state index in [9.17, 15) is 13.2 Å². The molecule has 0 N–H and O–H groups in total. The maximum absolute atomic E-state index is 14.1. The number of ether oxygens (including phenoxy) is 1. The smallest absolute Gasteiger partial charge is 0.159 e. The molecule has 0 spiro atoms. The van der Waals surface area contributed by atoms with E-state index in [2.05, 4.69) is 6.92 Å². The molecule has 2 aromatic rings. The van der Waals surface area contributed by atoms with E-state index in [4.69, 9.17) is 4.74 Å². The summed E-state index contributed by atoms with van der Waals surface area (Å²) in [6, 6.07) is 8.50. The van der Waals surface area contributed by atoms with Gasteiger partial charge in [-0.2, -0.15) is 0 Å². The molecule has 0 unspecified atom stereocenters. The molecule has 3 rings (SSSR count). The zero-order chi connectivity index (χ0) is 19.9. The summed E-state index contributed by atoms with van der Waals surface area (Å²) < 4.78 is 46.1. The van der Waals surface area contributed by atoms with Gasteiger partial charge in [0.25, 0.3) is 0 Å². The molecule has 1 fully saturated rings. The lowest BCUT2D eigenvalue weighted by atomic mass is 9.77. The fraction of sp³-hybridized carbons (Fsp3) is 0.500. The van der Waals surface area contributed by atoms with E-state index in [-0.39, 0.29) is 12.4 Å². The van der Waals surface area contributed by atoms with Gasteiger partial charge in [-0.3, -0.25) is 0 Å². The first kappa shape index (κ1) is 20.8. The van der Waals surface area contributed by atoms with Crippen molar-refractivity contribution in [2.45, 2.75) is 70.8 Å². The first-order valence-corrected chi connectivity index (χ1v) is 10.4. The van der Waals surface area contributed by atoms with Crippen molar-refractivity contribution in [3.05, 3.63) is 65.0 Å². The summed E-state index contributed by atoms with van der Waals surface area (Å²) in [7, 11) is 0. The second-order valence-electron chi connectivity index (χ2n) is 7.97. The van der Waals surface area contributed by atoms with E-state index in [0.29, 0.717) is 17.2 Å². The molecular formula is C24H29F3O. The van der Waals surface area contributed by atoms with Gasteiger partial charge in [0.05, 0.1) is 0 Å². The lowest BCUT2D eigenvalue weighted by Crippen LogP contribution is -2.13. The molecule has 152 valence electrons. The Balaban J connectivity index is 1.58. The largest absolute Gasteiger partial charge is 0.489 e. The van der Waals surface area contributed by atoms with Crippen molar-refractivity contribution in [1.29, 1.82) is 0 Å². The SMILES string of the molecule is CCCCCC1CCC(c2cc(F)cc(OCc3ccc(F)c(F)c3)c2)CC1. The summed E-state index contributed by atoms with van der Waals surface area (Å²) in [6.45, 7) is 2.30. The maximum Gasteiger partial charge on any atom is 0.159 e. The molecule has 0 heterocycles. The molecule has 0 atom stereocenters. The molecular weight excluding hydrogens is 361 g/mol. The van der Waals surface area contributed by atoms with Crippen molar-refractivity contribution < 1.29 is 17.9 Å². The van der Waals surface area contributed by atoms with Crippen molar-refractivity contribution in [3.8, 4) is 5.75 Å². The van der Waals surface area contributed by atoms with Gasteiger partial charge in [-0.1, -0.05) is 38.7 Å². The van der Waals surface area contributed by atoms with Crippen LogP contribution < -0.4 is 4.74 Å². The van der Waals surface area contributed by atoms with Crippen molar-refractivity contribution in [1.82, 2.24) is 0 Å². The molecule has 1 aliphatic carbocycles. The second-order valence-corrected chi connectivity index (χ2v) is 7.97. The van der Waals surface area contributed by atoms with Crippen LogP contribution in [-0.2, 0) is 6.61 Å². The van der Waals surface area contributed by atoms with Crippen LogP contribution in [-0.4, -0.2) is 0 Å². The third-order valence-corrected chi connectivity index (χ3v) is 5.82. The number of halogens is 3. The van der Waals surface area contributed by atoms with Gasteiger partial charge in [0.15, 0.2) is 11.6 Å². The average Bonchev–Trinajstić information content (AvgIpc) is 2.69. The van der Waals surface area contributed by atoms with E-state index in [1.165, 1.54) is 50.7 Å². The number of hydrogen-bond donors (Lipinski definition) is 0. The van der Waals surface area contributed by atoms with E-state index in [0.717, 1.165) is 36.5 Å². The van der Waals surface area contributed by atoms with Crippen LogP contribution >= 0.6 is 0 Å². The Bertz CT molecular complexity index is 766. The van der Waals surface area contributed by atoms with Crippen molar-refractivity contribution in [3.63, 3.8) is 0 Å². The lowest BCUT2D eigenvalue weighted by Gasteiger charge is -2.29. The fourth-order valence-electron chi connectivity index (χ4n) is 4.17. The summed E-state index contributed by atoms with van der Waals surface area (Å²) >= 11 is 0. The van der Waals surface area contributed by atoms with Crippen molar-refractivity contribution in [2.75, 3.05) is 0 Å². The zero-order valence-electron chi connectivity index (χ0n) is 16.5. The highest BCUT2D eigenvalue weighted by Crippen LogP contribution is 2.39. The van der Waals surface area contributed by atoms with Gasteiger partial charge in [-0.15, -0.1) is 0 Å². The predicted octanol–water partition coefficient (Wildman–Crippen LogP) is 7.54. The predicted molar refractivity (Wildman–Crippen MR) is 106 cm³/mol. The Hall–Kier alpha value is -1.97. The molecule has 0 amide bonds. The summed E-state index contributed by atoms with van der Waals surface area (Å²) in [5, 5.41) is 0. The van der Waals surface area contributed by atoms with Crippen LogP contribution in [0.2, 0.25) is 0 Å². The molecule has 1 saturated carbocycles. The highest BCUT2D eigenvalue weighted by atomic mass is 19.2. The number of benzene rings is 2. The van der Waals surface area contributed by atoms with Crippen LogP contribution in [0.4, 0.5) is 13.2 Å². The maximum atomic E-state index is 14.1. The fourth-order valence-corrected chi connectivity index (χ4v) is 4.17. The molecule has 4 heteroatoms. The molecule has 0 aliphatic heterocycles. The third-order valence-electron chi connectivity index (χ3n) is 5.82. The van der Waals surface area contributed by atoms with E-state index in [1.807, 2.05) is 6.07 Å². The van der Waals surface area contributed by atoms with E-state index >= 15 is 0 Å². The van der Waals surface area contributed by atoms with Crippen LogP contribution in [0, 0.1) is 23.4 Å². The summed E-state index contributed by atoms with van der Waals surface area (Å²) in [5.41, 5.74) is 1.49. The number of hydrogen-bond acceptors (Lipinski definition) is 1. The van der Waals surface area contributed by atoms with Gasteiger partial charge in [-0.05, 0) is 72.9 Å². The third kappa shape index (κ3) is 5.76. The minimum atomic E-state index is -0.906. The monoisotopic (exact) mass is 390 g/mol. The van der Waals surface area contributed by atoms with E-state index in [1.54, 1.807) is 6.07 Å². The van der Waals surface area contributed by atoms with Crippen molar-refractivity contribution in [2.24, 2.45) is 5.92 Å². The number of rotatable bonds is 8. The first-order valence-electron chi connectivity index (χ1n) is 10.4. The van der Waals surface area contributed by atoms with Crippen molar-refractivity contribution >= 4 is 0 Å². The second kappa shape index (κ2) is 9.99. The highest BCUT2D eigenvalue weighted by Gasteiger charge is 2.23. The lowest BCUT2D eigenvalue weighted by molar-refractivity contribution is 0.294. The van der Waals surface area contributed by atoms with Gasteiger partial charge in [0.2, 0.25) is 0 Å². The van der Waals surface area contributed by atoms with E-state index < -0.39 is 11.6 Å². The van der Waals surface area contributed by atoms with Crippen LogP contribution in [0.1, 0.15) is 75.3 Å². The number of unbranched alkanes of at least 4 members (excludes halogenated alkanes) is 2. The van der Waals surface area contributed by atoms with Crippen LogP contribution in [0.3, 0.4) is 0 Å². The summed E-state index contributed by atoms with van der Waals surface area (Å²) in [6.07, 6.45) is 9.77. The average molecular weight is 390 g/mol. The van der Waals surface area contributed by atoms with Gasteiger partial charge in [0.1, 0.15) is 18.2 Å². The summed E-state index contributed by atoms with van der Waals surface area (Å²) in [5.74, 6) is -0.504. The first-order chi connectivity index (χ1) is 13.5. The Kier molecular flexibility index (Phi) is 7.41. The highest BCUT2D eigenvalue weighted by molar-refractivity contribution is 5.32. The molecule has 1 nitrogen and oxygen atoms in total. The van der Waals surface area contributed by atoms with Gasteiger partial charge < -0.3 is 4.74 Å². The zero-order valence-corrected chi connectivity index (χ0v) is 16.5. The van der Waals surface area contributed by atoms with Crippen LogP contribution in [0.25, 0.3) is 0 Å². The summed E-state index contributed by atoms with van der Waals surface area (Å²) in [4.78, 5) is 0. The molecule has 0 radical (unpaired) electrons. The Morgan fingerprint density at radius 1 is 0.893 bits per heavy atom. The molecule has 2 aromatic carbocycles. The quantitative estimate of drug-likeness (QED) is 0.423. The van der Waals surface area contributed by atoms with Crippen LogP contribution in [0.5, 0.6) is 5.75 Å². The Morgan fingerprint density at radius 2 is 1.68 bits per heavy atom. The van der Waals surface area contributed by atoms with Gasteiger partial charge in [0, 0.05) is 6.07 Å². The Morgan fingerprint density at radius 3 is 2.39 bits per heavy atom. The standard InChI is InChI=1S/C24H29F3O/c1-2-3-4-5-17-6-9-19(10-7-17)20-13-21(25)15-22(14-20)28-16-18-8-11-23(26)24(27)12-18/h8,11-15,17,19H,2-7,9-10,16H2,1H3. The molecule has 0 saturated heterocycles. The van der Waals surface area contributed by atoms with Crippen LogP contribution in [0.15, 0.2) is 36.4 Å². The molecule has 28 heavy (non-hydrogen) atoms. The topological polar surface area (TPSA) is 9.23 Å². The minimum Gasteiger partial charge on any atom is -0.489 e. The minimum absolute atomic E-state index is 0.0737.